The summed E-state index contributed by atoms with van der Waals surface area (Å²) in [6, 6.07) is 10.7. The van der Waals surface area contributed by atoms with E-state index in [0.29, 0.717) is 11.3 Å². The first-order valence-corrected chi connectivity index (χ1v) is 17.1. The summed E-state index contributed by atoms with van der Waals surface area (Å²) in [7, 11) is -4.17. The van der Waals surface area contributed by atoms with Gasteiger partial charge in [-0.3, -0.25) is 19.5 Å². The number of aliphatic carboxylic acids is 1. The average molecular weight is 709 g/mol. The Morgan fingerprint density at radius 2 is 1.70 bits per heavy atom. The third kappa shape index (κ3) is 7.17. The zero-order chi connectivity index (χ0) is 33.2. The van der Waals surface area contributed by atoms with E-state index in [2.05, 4.69) is 20.5 Å². The van der Waals surface area contributed by atoms with Crippen molar-refractivity contribution >= 4 is 68.3 Å². The smallest absolute Gasteiger partial charge is 0.326 e. The molecule has 0 saturated carbocycles. The quantitative estimate of drug-likeness (QED) is 0.274. The van der Waals surface area contributed by atoms with Crippen LogP contribution in [0.5, 0.6) is 0 Å². The number of hydrogen-bond donors (Lipinski definition) is 3. The van der Waals surface area contributed by atoms with Gasteiger partial charge < -0.3 is 15.7 Å². The van der Waals surface area contributed by atoms with Crippen LogP contribution in [0.15, 0.2) is 65.8 Å². The number of hydrogen-bond acceptors (Lipinski definition) is 7. The maximum absolute atomic E-state index is 14.0. The first-order valence-electron chi connectivity index (χ1n) is 14.5. The third-order valence-electron chi connectivity index (χ3n) is 8.43. The van der Waals surface area contributed by atoms with Gasteiger partial charge >= 0.3 is 5.97 Å². The number of aromatic nitrogens is 1. The van der Waals surface area contributed by atoms with Crippen LogP contribution in [-0.4, -0.2) is 82.8 Å². The number of anilines is 1. The van der Waals surface area contributed by atoms with Crippen molar-refractivity contribution in [2.45, 2.75) is 55.1 Å². The summed E-state index contributed by atoms with van der Waals surface area (Å²) >= 11 is 18.3. The van der Waals surface area contributed by atoms with E-state index >= 15 is 0 Å². The van der Waals surface area contributed by atoms with Gasteiger partial charge in [-0.05, 0) is 75.2 Å². The van der Waals surface area contributed by atoms with Gasteiger partial charge in [-0.25, -0.2) is 13.2 Å². The van der Waals surface area contributed by atoms with E-state index in [4.69, 9.17) is 34.8 Å². The van der Waals surface area contributed by atoms with E-state index in [9.17, 15) is 27.9 Å². The molecule has 0 spiro atoms. The number of nitrogens with zero attached hydrogens (tertiary/aromatic N) is 3. The van der Waals surface area contributed by atoms with E-state index in [1.165, 1.54) is 41.8 Å². The number of halogens is 3. The molecule has 15 heteroatoms. The van der Waals surface area contributed by atoms with Gasteiger partial charge in [0.15, 0.2) is 0 Å². The zero-order valence-electron chi connectivity index (χ0n) is 24.8. The molecule has 244 valence electrons. The lowest BCUT2D eigenvalue weighted by molar-refractivity contribution is -0.143. The number of carbonyl (C=O) groups is 3. The molecule has 2 fully saturated rings. The summed E-state index contributed by atoms with van der Waals surface area (Å²) in [5.74, 6) is -2.54. The predicted molar refractivity (Wildman–Crippen MR) is 175 cm³/mol. The highest BCUT2D eigenvalue weighted by atomic mass is 35.5. The van der Waals surface area contributed by atoms with Crippen LogP contribution in [0.4, 0.5) is 5.69 Å². The van der Waals surface area contributed by atoms with Crippen molar-refractivity contribution in [3.05, 3.63) is 87.1 Å². The molecule has 0 unspecified atom stereocenters. The van der Waals surface area contributed by atoms with Crippen molar-refractivity contribution in [1.29, 1.82) is 0 Å². The van der Waals surface area contributed by atoms with Crippen LogP contribution in [0.1, 0.15) is 42.1 Å². The van der Waals surface area contributed by atoms with Gasteiger partial charge in [0.1, 0.15) is 11.6 Å². The molecule has 2 amide bonds. The van der Waals surface area contributed by atoms with E-state index < -0.39 is 39.4 Å². The molecule has 5 rings (SSSR count). The number of pyridine rings is 1. The molecule has 0 aliphatic carbocycles. The number of sulfonamides is 1. The molecular formula is C31H32Cl3N5O6S. The van der Waals surface area contributed by atoms with Crippen molar-refractivity contribution < 1.29 is 27.9 Å². The normalized spacial score (nSPS) is 21.2. The van der Waals surface area contributed by atoms with Crippen molar-refractivity contribution in [2.75, 3.05) is 25.0 Å². The Morgan fingerprint density at radius 1 is 1.04 bits per heavy atom. The SMILES string of the molecule is C[C@]1(C(=O)N[C@@H](Cc2ccc(NC(=O)c3c(Cl)cncc3Cl)cc2)C(=O)O)C[C@@H](N2CCCC2)CN1S(=O)(=O)c1cccc(Cl)c1. The predicted octanol–water partition coefficient (Wildman–Crippen LogP) is 4.72. The van der Waals surface area contributed by atoms with Crippen molar-refractivity contribution in [3.8, 4) is 0 Å². The molecule has 0 radical (unpaired) electrons. The molecule has 2 aliphatic rings. The van der Waals surface area contributed by atoms with Crippen LogP contribution in [0, 0.1) is 0 Å². The molecule has 3 atom stereocenters. The Labute approximate surface area is 281 Å². The standard InChI is InChI=1S/C31H32Cl3N5O6S/c1-31(15-22(38-11-2-3-12-38)18-39(31)46(44,45)23-6-4-5-20(32)14-23)30(43)37-26(29(41)42)13-19-7-9-21(10-8-19)36-28(40)27-24(33)16-35-17-25(27)34/h4-10,14,16-17,22,26H,2-3,11-13,15,18H2,1H3,(H,36,40)(H,37,43)(H,41,42)/t22-,26+,31-/m1/s1. The number of nitrogens with one attached hydrogen (secondary N) is 2. The minimum atomic E-state index is -4.17. The largest absolute Gasteiger partial charge is 0.480 e. The van der Waals surface area contributed by atoms with Gasteiger partial charge in [0, 0.05) is 42.1 Å². The molecule has 0 bridgehead atoms. The first kappa shape index (κ1) is 34.1. The van der Waals surface area contributed by atoms with Crippen LogP contribution in [0.25, 0.3) is 0 Å². The van der Waals surface area contributed by atoms with Crippen LogP contribution >= 0.6 is 34.8 Å². The Kier molecular flexibility index (Phi) is 10.3. The van der Waals surface area contributed by atoms with Gasteiger partial charge in [-0.1, -0.05) is 53.0 Å². The highest BCUT2D eigenvalue weighted by molar-refractivity contribution is 7.89. The Hall–Kier alpha value is -3.26. The van der Waals surface area contributed by atoms with Gasteiger partial charge in [-0.2, -0.15) is 4.31 Å². The molecule has 2 saturated heterocycles. The average Bonchev–Trinajstić information content (AvgIpc) is 3.67. The molecule has 2 aromatic carbocycles. The fourth-order valence-corrected chi connectivity index (χ4v) is 8.62. The van der Waals surface area contributed by atoms with Crippen LogP contribution in [0.2, 0.25) is 15.1 Å². The van der Waals surface area contributed by atoms with Gasteiger partial charge in [-0.15, -0.1) is 0 Å². The van der Waals surface area contributed by atoms with Crippen LogP contribution < -0.4 is 10.6 Å². The number of benzene rings is 2. The molecule has 3 N–H and O–H groups in total. The van der Waals surface area contributed by atoms with Crippen molar-refractivity contribution in [3.63, 3.8) is 0 Å². The second kappa shape index (κ2) is 13.8. The van der Waals surface area contributed by atoms with E-state index in [1.807, 2.05) is 0 Å². The summed E-state index contributed by atoms with van der Waals surface area (Å²) in [6.07, 6.45) is 4.67. The monoisotopic (exact) mass is 707 g/mol. The number of carboxylic acid groups (broad SMARTS) is 1. The van der Waals surface area contributed by atoms with Gasteiger partial charge in [0.25, 0.3) is 5.91 Å². The maximum atomic E-state index is 14.0. The molecule has 46 heavy (non-hydrogen) atoms. The van der Waals surface area contributed by atoms with Crippen molar-refractivity contribution in [2.24, 2.45) is 0 Å². The van der Waals surface area contributed by atoms with Crippen LogP contribution in [0.3, 0.4) is 0 Å². The molecule has 1 aromatic heterocycles. The number of rotatable bonds is 10. The molecule has 11 nitrogen and oxygen atoms in total. The fraction of sp³-hybridized carbons (Fsp3) is 0.355. The minimum absolute atomic E-state index is 0.0449. The second-order valence-electron chi connectivity index (χ2n) is 11.6. The Morgan fingerprint density at radius 3 is 2.30 bits per heavy atom. The molecule has 2 aliphatic heterocycles. The summed E-state index contributed by atoms with van der Waals surface area (Å²) in [5.41, 5.74) is -0.538. The number of likely N-dealkylation sites (tertiary alicyclic amines) is 1. The Balaban J connectivity index is 1.33. The highest BCUT2D eigenvalue weighted by Crippen LogP contribution is 2.38. The van der Waals surface area contributed by atoms with E-state index in [0.717, 1.165) is 25.9 Å². The summed E-state index contributed by atoms with van der Waals surface area (Å²) in [4.78, 5) is 45.0. The molecule has 3 aromatic rings. The highest BCUT2D eigenvalue weighted by Gasteiger charge is 2.55. The first-order chi connectivity index (χ1) is 21.8. The fourth-order valence-electron chi connectivity index (χ4n) is 5.99. The maximum Gasteiger partial charge on any atom is 0.326 e. The lowest BCUT2D eigenvalue weighted by Crippen LogP contribution is -2.58. The van der Waals surface area contributed by atoms with E-state index in [1.54, 1.807) is 30.3 Å². The van der Waals surface area contributed by atoms with E-state index in [-0.39, 0.29) is 51.0 Å². The number of carboxylic acids is 1. The molecule has 3 heterocycles. The third-order valence-corrected chi connectivity index (χ3v) is 11.2. The Bertz CT molecular complexity index is 1730. The molecular weight excluding hydrogens is 677 g/mol. The lowest BCUT2D eigenvalue weighted by Gasteiger charge is -2.33. The van der Waals surface area contributed by atoms with Crippen LogP contribution in [-0.2, 0) is 26.0 Å². The lowest BCUT2D eigenvalue weighted by atomic mass is 9.95. The second-order valence-corrected chi connectivity index (χ2v) is 14.7. The van der Waals surface area contributed by atoms with Gasteiger partial charge in [0.2, 0.25) is 15.9 Å². The summed E-state index contributed by atoms with van der Waals surface area (Å²) in [5, 5.41) is 15.8. The minimum Gasteiger partial charge on any atom is -0.480 e. The number of carbonyl (C=O) groups excluding carboxylic acids is 2. The topological polar surface area (TPSA) is 149 Å². The summed E-state index contributed by atoms with van der Waals surface area (Å²) < 4.78 is 29.0. The number of amides is 2. The van der Waals surface area contributed by atoms with Gasteiger partial charge in [0.05, 0.1) is 20.5 Å². The van der Waals surface area contributed by atoms with Crippen molar-refractivity contribution in [1.82, 2.24) is 19.5 Å². The zero-order valence-corrected chi connectivity index (χ0v) is 27.8. The summed E-state index contributed by atoms with van der Waals surface area (Å²) in [6.45, 7) is 3.21.